The molecule has 0 saturated heterocycles. The summed E-state index contributed by atoms with van der Waals surface area (Å²) >= 11 is 0. The molecule has 0 bridgehead atoms. The molecule has 0 fully saturated rings. The van der Waals surface area contributed by atoms with Crippen molar-refractivity contribution in [1.82, 2.24) is 15.4 Å². The van der Waals surface area contributed by atoms with Gasteiger partial charge in [-0.1, -0.05) is 30.3 Å². The number of hydrogen-bond acceptors (Lipinski definition) is 5. The maximum Gasteiger partial charge on any atom is 0.428 e. The first-order chi connectivity index (χ1) is 12.6. The van der Waals surface area contributed by atoms with Crippen LogP contribution in [0.2, 0.25) is 0 Å². The largest absolute Gasteiger partial charge is 0.464 e. The highest BCUT2D eigenvalue weighted by Gasteiger charge is 2.29. The van der Waals surface area contributed by atoms with Gasteiger partial charge in [-0.2, -0.15) is 5.10 Å². The van der Waals surface area contributed by atoms with Crippen molar-refractivity contribution in [2.45, 2.75) is 39.8 Å². The van der Waals surface area contributed by atoms with Gasteiger partial charge in [0, 0.05) is 5.56 Å². The van der Waals surface area contributed by atoms with E-state index in [1.807, 2.05) is 30.3 Å². The number of hydrazone groups is 1. The van der Waals surface area contributed by atoms with Crippen LogP contribution in [0.25, 0.3) is 0 Å². The summed E-state index contributed by atoms with van der Waals surface area (Å²) in [5.74, 6) is 0. The highest BCUT2D eigenvalue weighted by molar-refractivity contribution is 6.03. The zero-order valence-corrected chi connectivity index (χ0v) is 15.6. The third-order valence-corrected chi connectivity index (χ3v) is 3.33. The zero-order valence-electron chi connectivity index (χ0n) is 15.6. The number of hydrogen-bond donors (Lipinski definition) is 3. The summed E-state index contributed by atoms with van der Waals surface area (Å²) in [6.45, 7) is 6.70. The van der Waals surface area contributed by atoms with E-state index < -0.39 is 30.4 Å². The molecular formula is C17H24N4O6. The summed E-state index contributed by atoms with van der Waals surface area (Å²) in [5.41, 5.74) is 3.95. The van der Waals surface area contributed by atoms with E-state index in [2.05, 4.69) is 10.5 Å². The number of nitrogens with one attached hydrogen (secondary N) is 1. The molecule has 1 heterocycles. The molecule has 0 saturated carbocycles. The minimum Gasteiger partial charge on any atom is -0.464 e. The Bertz CT molecular complexity index is 666. The quantitative estimate of drug-likeness (QED) is 0.691. The molecule has 1 aliphatic rings. The number of rotatable bonds is 3. The predicted molar refractivity (Wildman–Crippen MR) is 97.5 cm³/mol. The van der Waals surface area contributed by atoms with Crippen molar-refractivity contribution < 1.29 is 29.3 Å². The van der Waals surface area contributed by atoms with Crippen LogP contribution in [-0.2, 0) is 4.74 Å². The van der Waals surface area contributed by atoms with Crippen LogP contribution in [0.15, 0.2) is 35.4 Å². The summed E-state index contributed by atoms with van der Waals surface area (Å²) < 4.78 is 4.76. The topological polar surface area (TPSA) is 132 Å². The van der Waals surface area contributed by atoms with Crippen molar-refractivity contribution in [2.75, 3.05) is 6.61 Å². The van der Waals surface area contributed by atoms with E-state index in [0.717, 1.165) is 21.3 Å². The molecule has 0 spiro atoms. The Morgan fingerprint density at radius 1 is 1.04 bits per heavy atom. The third kappa shape index (κ3) is 6.49. The number of nitrogens with zero attached hydrogens (tertiary/aromatic N) is 3. The first-order valence-electron chi connectivity index (χ1n) is 8.24. The summed E-state index contributed by atoms with van der Waals surface area (Å²) in [5, 5.41) is 23.1. The van der Waals surface area contributed by atoms with Crippen LogP contribution >= 0.6 is 0 Å². The molecule has 3 amide bonds. The lowest BCUT2D eigenvalue weighted by molar-refractivity contribution is -0.0351. The van der Waals surface area contributed by atoms with Gasteiger partial charge in [0.05, 0.1) is 12.1 Å². The van der Waals surface area contributed by atoms with Crippen LogP contribution in [-0.4, -0.2) is 62.9 Å². The lowest BCUT2D eigenvalue weighted by Crippen LogP contribution is -2.55. The number of amides is 3. The Hall–Kier alpha value is -3.30. The van der Waals surface area contributed by atoms with Crippen molar-refractivity contribution in [3.8, 4) is 0 Å². The highest BCUT2D eigenvalue weighted by atomic mass is 16.6. The van der Waals surface area contributed by atoms with Gasteiger partial charge in [-0.05, 0) is 27.7 Å². The molecule has 1 aromatic rings. The molecule has 3 N–H and O–H groups in total. The van der Waals surface area contributed by atoms with Crippen LogP contribution in [0.5, 0.6) is 0 Å². The maximum atomic E-state index is 10.8. The SMILES string of the molecule is CC(C)N(C(=O)O)N(C(=O)O)C(C)C.O=C1NN=C(c2ccccc2)CO1. The minimum absolute atomic E-state index is 0.232. The average molecular weight is 380 g/mol. The van der Waals surface area contributed by atoms with Gasteiger partial charge >= 0.3 is 18.3 Å². The van der Waals surface area contributed by atoms with Crippen molar-refractivity contribution in [2.24, 2.45) is 5.10 Å². The Labute approximate surface area is 157 Å². The maximum absolute atomic E-state index is 10.8. The second-order valence-electron chi connectivity index (χ2n) is 6.05. The molecule has 27 heavy (non-hydrogen) atoms. The molecule has 2 rings (SSSR count). The van der Waals surface area contributed by atoms with Gasteiger partial charge in [0.25, 0.3) is 0 Å². The van der Waals surface area contributed by atoms with E-state index in [1.54, 1.807) is 27.7 Å². The van der Waals surface area contributed by atoms with E-state index in [1.165, 1.54) is 0 Å². The van der Waals surface area contributed by atoms with Gasteiger partial charge in [0.15, 0.2) is 0 Å². The van der Waals surface area contributed by atoms with Gasteiger partial charge in [0.2, 0.25) is 0 Å². The Morgan fingerprint density at radius 3 is 1.85 bits per heavy atom. The van der Waals surface area contributed by atoms with Gasteiger partial charge in [-0.3, -0.25) is 0 Å². The van der Waals surface area contributed by atoms with Gasteiger partial charge in [-0.25, -0.2) is 29.8 Å². The highest BCUT2D eigenvalue weighted by Crippen LogP contribution is 2.10. The Kier molecular flexibility index (Phi) is 8.05. The molecule has 0 aliphatic carbocycles. The lowest BCUT2D eigenvalue weighted by Gasteiger charge is -2.35. The van der Waals surface area contributed by atoms with E-state index in [-0.39, 0.29) is 6.61 Å². The summed E-state index contributed by atoms with van der Waals surface area (Å²) in [4.78, 5) is 32.2. The number of ether oxygens (including phenoxy) is 1. The van der Waals surface area contributed by atoms with Crippen LogP contribution < -0.4 is 5.43 Å². The number of benzene rings is 1. The smallest absolute Gasteiger partial charge is 0.428 e. The van der Waals surface area contributed by atoms with Crippen molar-refractivity contribution in [1.29, 1.82) is 0 Å². The molecular weight excluding hydrogens is 356 g/mol. The zero-order chi connectivity index (χ0) is 20.6. The monoisotopic (exact) mass is 380 g/mol. The van der Waals surface area contributed by atoms with Crippen molar-refractivity contribution in [3.63, 3.8) is 0 Å². The summed E-state index contributed by atoms with van der Waals surface area (Å²) in [7, 11) is 0. The summed E-state index contributed by atoms with van der Waals surface area (Å²) in [6, 6.07) is 8.76. The standard InChI is InChI=1S/C9H8N2O2.C8H16N2O4/c12-9-11-10-8(6-13-9)7-4-2-1-3-5-7;1-5(2)9(7(11)12)10(6(3)4)8(13)14/h1-5H,6H2,(H,11,12);5-6H,1-4H3,(H,11,12)(H,13,14). The first kappa shape index (κ1) is 21.7. The fraction of sp³-hybridized carbons (Fsp3) is 0.412. The van der Waals surface area contributed by atoms with E-state index in [0.29, 0.717) is 0 Å². The van der Waals surface area contributed by atoms with Crippen molar-refractivity contribution >= 4 is 24.0 Å². The van der Waals surface area contributed by atoms with Crippen molar-refractivity contribution in [3.05, 3.63) is 35.9 Å². The van der Waals surface area contributed by atoms with E-state index in [4.69, 9.17) is 14.9 Å². The minimum atomic E-state index is -1.27. The Morgan fingerprint density at radius 2 is 1.52 bits per heavy atom. The van der Waals surface area contributed by atoms with Gasteiger partial charge < -0.3 is 14.9 Å². The fourth-order valence-corrected chi connectivity index (χ4v) is 2.21. The molecule has 0 unspecified atom stereocenters. The number of carboxylic acid groups (broad SMARTS) is 2. The molecule has 148 valence electrons. The van der Waals surface area contributed by atoms with E-state index in [9.17, 15) is 14.4 Å². The van der Waals surface area contributed by atoms with Gasteiger partial charge in [-0.15, -0.1) is 0 Å². The van der Waals surface area contributed by atoms with Crippen LogP contribution in [0.1, 0.15) is 33.3 Å². The second kappa shape index (κ2) is 10.00. The second-order valence-corrected chi connectivity index (χ2v) is 6.05. The fourth-order valence-electron chi connectivity index (χ4n) is 2.21. The molecule has 0 atom stereocenters. The average Bonchev–Trinajstić information content (AvgIpc) is 2.60. The third-order valence-electron chi connectivity index (χ3n) is 3.33. The first-order valence-corrected chi connectivity index (χ1v) is 8.24. The summed E-state index contributed by atoms with van der Waals surface area (Å²) in [6.07, 6.45) is -3.04. The molecule has 0 aromatic heterocycles. The normalized spacial score (nSPS) is 13.0. The van der Waals surface area contributed by atoms with Crippen LogP contribution in [0, 0.1) is 0 Å². The van der Waals surface area contributed by atoms with Crippen LogP contribution in [0.3, 0.4) is 0 Å². The number of cyclic esters (lactones) is 1. The Balaban J connectivity index is 0.000000270. The predicted octanol–water partition coefficient (Wildman–Crippen LogP) is 2.81. The molecule has 0 radical (unpaired) electrons. The number of hydrazine groups is 1. The van der Waals surface area contributed by atoms with Crippen LogP contribution in [0.4, 0.5) is 14.4 Å². The lowest BCUT2D eigenvalue weighted by atomic mass is 10.1. The molecule has 1 aromatic carbocycles. The number of carbonyl (C=O) groups excluding carboxylic acids is 1. The van der Waals surface area contributed by atoms with Gasteiger partial charge in [0.1, 0.15) is 12.3 Å². The van der Waals surface area contributed by atoms with E-state index >= 15 is 0 Å². The number of carbonyl (C=O) groups is 3. The molecule has 10 heteroatoms. The molecule has 1 aliphatic heterocycles. The molecule has 10 nitrogen and oxygen atoms in total.